The van der Waals surface area contributed by atoms with Crippen LogP contribution in [0.15, 0.2) is 57.0 Å². The summed E-state index contributed by atoms with van der Waals surface area (Å²) >= 11 is 1.40. The van der Waals surface area contributed by atoms with Gasteiger partial charge in [-0.1, -0.05) is 6.07 Å². The smallest absolute Gasteiger partial charge is 0.261 e. The molecule has 21 heavy (non-hydrogen) atoms. The average Bonchev–Trinajstić information content (AvgIpc) is 2.84. The van der Waals surface area contributed by atoms with Crippen LogP contribution < -0.4 is 11.1 Å². The molecule has 6 heteroatoms. The number of para-hydroxylation sites is 1. The van der Waals surface area contributed by atoms with E-state index in [1.165, 1.54) is 18.7 Å². The Balaban J connectivity index is 1.81. The molecule has 0 bridgehead atoms. The number of nitrogens with two attached hydrogens (primary N) is 1. The fourth-order valence-electron chi connectivity index (χ4n) is 1.90. The van der Waals surface area contributed by atoms with Crippen molar-refractivity contribution in [3.63, 3.8) is 0 Å². The molecule has 1 aromatic heterocycles. The van der Waals surface area contributed by atoms with Gasteiger partial charge in [0, 0.05) is 17.5 Å². The van der Waals surface area contributed by atoms with Crippen LogP contribution in [0.25, 0.3) is 11.1 Å². The van der Waals surface area contributed by atoms with Gasteiger partial charge < -0.3 is 15.5 Å². The number of hydrogen-bond acceptors (Lipinski definition) is 5. The van der Waals surface area contributed by atoms with Crippen molar-refractivity contribution in [3.05, 3.63) is 42.5 Å². The Hall–Kier alpha value is -2.47. The number of carbonyl (C=O) groups is 1. The number of fused-ring (bicyclic) bond motifs is 1. The highest BCUT2D eigenvalue weighted by atomic mass is 32.2. The first-order valence-electron chi connectivity index (χ1n) is 6.32. The third kappa shape index (κ3) is 3.00. The Labute approximate surface area is 125 Å². The van der Waals surface area contributed by atoms with Crippen LogP contribution in [0.3, 0.4) is 0 Å². The lowest BCUT2D eigenvalue weighted by Gasteiger charge is -2.02. The molecule has 1 amide bonds. The van der Waals surface area contributed by atoms with E-state index in [2.05, 4.69) is 10.3 Å². The van der Waals surface area contributed by atoms with Crippen molar-refractivity contribution in [3.8, 4) is 0 Å². The number of hydrogen-bond donors (Lipinski definition) is 2. The van der Waals surface area contributed by atoms with Gasteiger partial charge in [-0.15, -0.1) is 0 Å². The lowest BCUT2D eigenvalue weighted by molar-refractivity contribution is -0.114. The van der Waals surface area contributed by atoms with Crippen LogP contribution in [-0.4, -0.2) is 10.9 Å². The molecule has 1 heterocycles. The minimum atomic E-state index is -0.0928. The van der Waals surface area contributed by atoms with Crippen LogP contribution in [0.5, 0.6) is 0 Å². The third-order valence-corrected chi connectivity index (χ3v) is 3.67. The van der Waals surface area contributed by atoms with Crippen molar-refractivity contribution in [2.45, 2.75) is 17.0 Å². The number of oxazole rings is 1. The van der Waals surface area contributed by atoms with E-state index in [4.69, 9.17) is 10.2 Å². The second-order valence-corrected chi connectivity index (χ2v) is 5.51. The molecule has 0 saturated carbocycles. The van der Waals surface area contributed by atoms with E-state index in [1.54, 1.807) is 6.07 Å². The largest absolute Gasteiger partial charge is 0.431 e. The van der Waals surface area contributed by atoms with Crippen molar-refractivity contribution >= 4 is 40.1 Å². The van der Waals surface area contributed by atoms with Crippen molar-refractivity contribution in [2.75, 3.05) is 11.1 Å². The highest BCUT2D eigenvalue weighted by molar-refractivity contribution is 7.99. The second-order valence-electron chi connectivity index (χ2n) is 4.48. The number of anilines is 2. The molecule has 0 unspecified atom stereocenters. The van der Waals surface area contributed by atoms with Gasteiger partial charge in [-0.3, -0.25) is 4.79 Å². The summed E-state index contributed by atoms with van der Waals surface area (Å²) in [7, 11) is 0. The first-order valence-corrected chi connectivity index (χ1v) is 7.14. The van der Waals surface area contributed by atoms with Crippen LogP contribution >= 0.6 is 11.8 Å². The molecule has 0 aliphatic carbocycles. The molecule has 0 fully saturated rings. The number of nitrogen functional groups attached to an aromatic ring is 1. The zero-order chi connectivity index (χ0) is 14.8. The number of rotatable bonds is 3. The molecule has 3 N–H and O–H groups in total. The summed E-state index contributed by atoms with van der Waals surface area (Å²) in [5.41, 5.74) is 8.57. The maximum Gasteiger partial charge on any atom is 0.261 e. The van der Waals surface area contributed by atoms with Crippen molar-refractivity contribution in [1.29, 1.82) is 0 Å². The molecule has 0 atom stereocenters. The molecular weight excluding hydrogens is 286 g/mol. The Bertz CT molecular complexity index is 796. The van der Waals surface area contributed by atoms with E-state index in [9.17, 15) is 4.79 Å². The third-order valence-electron chi connectivity index (χ3n) is 2.81. The van der Waals surface area contributed by atoms with Gasteiger partial charge in [0.25, 0.3) is 5.22 Å². The molecule has 0 aliphatic rings. The second kappa shape index (κ2) is 5.49. The highest BCUT2D eigenvalue weighted by Gasteiger charge is 2.09. The van der Waals surface area contributed by atoms with E-state index in [-0.39, 0.29) is 5.91 Å². The quantitative estimate of drug-likeness (QED) is 0.723. The number of amides is 1. The van der Waals surface area contributed by atoms with Gasteiger partial charge in [0.2, 0.25) is 5.91 Å². The SMILES string of the molecule is CC(=O)Nc1ccc(Sc2nc3c(N)cccc3o2)cc1. The number of carbonyl (C=O) groups excluding carboxylic acids is 1. The summed E-state index contributed by atoms with van der Waals surface area (Å²) in [6.45, 7) is 1.48. The monoisotopic (exact) mass is 299 g/mol. The summed E-state index contributed by atoms with van der Waals surface area (Å²) in [6.07, 6.45) is 0. The van der Waals surface area contributed by atoms with Crippen molar-refractivity contribution < 1.29 is 9.21 Å². The standard InChI is InChI=1S/C15H13N3O2S/c1-9(19)17-10-5-7-11(8-6-10)21-15-18-14-12(16)3-2-4-13(14)20-15/h2-8H,16H2,1H3,(H,17,19). The average molecular weight is 299 g/mol. The number of nitrogens with zero attached hydrogens (tertiary/aromatic N) is 1. The topological polar surface area (TPSA) is 81.2 Å². The van der Waals surface area contributed by atoms with Crippen molar-refractivity contribution in [2.24, 2.45) is 0 Å². The zero-order valence-electron chi connectivity index (χ0n) is 11.3. The van der Waals surface area contributed by atoms with Gasteiger partial charge in [-0.05, 0) is 48.2 Å². The predicted molar refractivity (Wildman–Crippen MR) is 83.3 cm³/mol. The first kappa shape index (κ1) is 13.5. The van der Waals surface area contributed by atoms with E-state index in [0.29, 0.717) is 22.0 Å². The maximum absolute atomic E-state index is 11.0. The van der Waals surface area contributed by atoms with Crippen LogP contribution in [0.2, 0.25) is 0 Å². The molecule has 0 radical (unpaired) electrons. The first-order chi connectivity index (χ1) is 10.1. The van der Waals surface area contributed by atoms with E-state index in [1.807, 2.05) is 36.4 Å². The van der Waals surface area contributed by atoms with Gasteiger partial charge in [0.15, 0.2) is 5.58 Å². The van der Waals surface area contributed by atoms with Gasteiger partial charge in [-0.2, -0.15) is 0 Å². The molecule has 0 saturated heterocycles. The van der Waals surface area contributed by atoms with Crippen molar-refractivity contribution in [1.82, 2.24) is 4.98 Å². The fraction of sp³-hybridized carbons (Fsp3) is 0.0667. The fourth-order valence-corrected chi connectivity index (χ4v) is 2.65. The van der Waals surface area contributed by atoms with E-state index in [0.717, 1.165) is 10.6 Å². The van der Waals surface area contributed by atoms with E-state index >= 15 is 0 Å². The van der Waals surface area contributed by atoms with Crippen LogP contribution in [0.4, 0.5) is 11.4 Å². The molecule has 0 aliphatic heterocycles. The Kier molecular flexibility index (Phi) is 3.53. The van der Waals surface area contributed by atoms with Gasteiger partial charge in [-0.25, -0.2) is 4.98 Å². The number of nitrogens with one attached hydrogen (secondary N) is 1. The summed E-state index contributed by atoms with van der Waals surface area (Å²) in [4.78, 5) is 16.3. The molecule has 0 spiro atoms. The maximum atomic E-state index is 11.0. The van der Waals surface area contributed by atoms with Crippen LogP contribution in [0.1, 0.15) is 6.92 Å². The lowest BCUT2D eigenvalue weighted by Crippen LogP contribution is -2.05. The molecule has 5 nitrogen and oxygen atoms in total. The predicted octanol–water partition coefficient (Wildman–Crippen LogP) is 3.52. The van der Waals surface area contributed by atoms with Gasteiger partial charge in [0.1, 0.15) is 5.52 Å². The minimum absolute atomic E-state index is 0.0928. The van der Waals surface area contributed by atoms with Crippen LogP contribution in [-0.2, 0) is 4.79 Å². The summed E-state index contributed by atoms with van der Waals surface area (Å²) < 4.78 is 5.65. The Morgan fingerprint density at radius 3 is 2.67 bits per heavy atom. The Morgan fingerprint density at radius 1 is 1.24 bits per heavy atom. The number of aromatic nitrogens is 1. The zero-order valence-corrected chi connectivity index (χ0v) is 12.1. The van der Waals surface area contributed by atoms with Gasteiger partial charge >= 0.3 is 0 Å². The van der Waals surface area contributed by atoms with Crippen LogP contribution in [0, 0.1) is 0 Å². The summed E-state index contributed by atoms with van der Waals surface area (Å²) in [5, 5.41) is 3.26. The Morgan fingerprint density at radius 2 is 2.00 bits per heavy atom. The molecular formula is C15H13N3O2S. The molecule has 106 valence electrons. The highest BCUT2D eigenvalue weighted by Crippen LogP contribution is 2.32. The summed E-state index contributed by atoms with van der Waals surface area (Å²) in [6, 6.07) is 12.9. The molecule has 2 aromatic carbocycles. The number of benzene rings is 2. The summed E-state index contributed by atoms with van der Waals surface area (Å²) in [5.74, 6) is -0.0928. The van der Waals surface area contributed by atoms with Gasteiger partial charge in [0.05, 0.1) is 5.69 Å². The molecule has 3 rings (SSSR count). The molecule has 3 aromatic rings. The normalized spacial score (nSPS) is 10.7. The lowest BCUT2D eigenvalue weighted by atomic mass is 10.3. The van der Waals surface area contributed by atoms with E-state index < -0.39 is 0 Å². The minimum Gasteiger partial charge on any atom is -0.431 e.